The Labute approximate surface area is 58.1 Å². The average Bonchev–Trinajstić information content (AvgIpc) is 1.65. The van der Waals surface area contributed by atoms with Crippen LogP contribution in [0.4, 0.5) is 0 Å². The van der Waals surface area contributed by atoms with Crippen molar-refractivity contribution in [3.05, 3.63) is 0 Å². The standard InChI is InChI=1S/C6H12O2Si/c1-4(7)6(2,3)5(8)9/h1-3,9H3. The quantitative estimate of drug-likeness (QED) is 0.386. The van der Waals surface area contributed by atoms with Crippen LogP contribution in [0.3, 0.4) is 0 Å². The molecule has 0 aliphatic rings. The normalized spacial score (nSPS) is 11.4. The van der Waals surface area contributed by atoms with Crippen molar-refractivity contribution in [2.24, 2.45) is 5.41 Å². The van der Waals surface area contributed by atoms with Gasteiger partial charge in [-0.05, 0) is 20.8 Å². The molecular formula is C6H12O2Si. The molecule has 0 aromatic carbocycles. The number of hydrogen-bond donors (Lipinski definition) is 0. The molecule has 0 aromatic heterocycles. The predicted octanol–water partition coefficient (Wildman–Crippen LogP) is -0.506. The molecule has 0 spiro atoms. The van der Waals surface area contributed by atoms with Gasteiger partial charge >= 0.3 is 0 Å². The molecule has 0 aliphatic heterocycles. The maximum absolute atomic E-state index is 10.7. The van der Waals surface area contributed by atoms with Crippen LogP contribution in [0.5, 0.6) is 0 Å². The molecule has 0 atom stereocenters. The Morgan fingerprint density at radius 3 is 1.67 bits per heavy atom. The second-order valence-electron chi connectivity index (χ2n) is 2.74. The van der Waals surface area contributed by atoms with E-state index in [0.717, 1.165) is 0 Å². The monoisotopic (exact) mass is 144 g/mol. The molecule has 0 heterocycles. The topological polar surface area (TPSA) is 34.1 Å². The van der Waals surface area contributed by atoms with Crippen LogP contribution in [0, 0.1) is 5.41 Å². The smallest absolute Gasteiger partial charge is 0.142 e. The molecule has 0 aliphatic carbocycles. The zero-order valence-electron chi connectivity index (χ0n) is 6.32. The Bertz CT molecular complexity index is 133. The van der Waals surface area contributed by atoms with Gasteiger partial charge in [-0.25, -0.2) is 0 Å². The first-order valence-electron chi connectivity index (χ1n) is 2.91. The number of Topliss-reactive ketones (excluding diaryl/α,β-unsaturated/α-hetero) is 1. The van der Waals surface area contributed by atoms with E-state index in [1.54, 1.807) is 13.8 Å². The number of carbonyl (C=O) groups is 2. The van der Waals surface area contributed by atoms with Crippen LogP contribution < -0.4 is 0 Å². The van der Waals surface area contributed by atoms with E-state index in [0.29, 0.717) is 10.2 Å². The molecule has 0 radical (unpaired) electrons. The summed E-state index contributed by atoms with van der Waals surface area (Å²) in [6.45, 7) is 4.80. The molecule has 0 saturated heterocycles. The maximum atomic E-state index is 10.7. The average molecular weight is 144 g/mol. The second-order valence-corrected chi connectivity index (χ2v) is 3.65. The van der Waals surface area contributed by atoms with Crippen molar-refractivity contribution in [1.82, 2.24) is 0 Å². The summed E-state index contributed by atoms with van der Waals surface area (Å²) in [6, 6.07) is 0. The first kappa shape index (κ1) is 8.56. The number of rotatable bonds is 2. The Balaban J connectivity index is 4.38. The summed E-state index contributed by atoms with van der Waals surface area (Å²) in [5.41, 5.74) is -0.716. The highest BCUT2D eigenvalue weighted by molar-refractivity contribution is 6.61. The Morgan fingerprint density at radius 1 is 1.33 bits per heavy atom. The van der Waals surface area contributed by atoms with Crippen LogP contribution in [0.15, 0.2) is 0 Å². The first-order valence-corrected chi connectivity index (χ1v) is 3.91. The minimum atomic E-state index is -0.716. The fraction of sp³-hybridized carbons (Fsp3) is 0.667. The second kappa shape index (κ2) is 2.43. The third kappa shape index (κ3) is 1.75. The Kier molecular flexibility index (Phi) is 2.31. The summed E-state index contributed by atoms with van der Waals surface area (Å²) >= 11 is 0. The van der Waals surface area contributed by atoms with Gasteiger partial charge < -0.3 is 4.79 Å². The summed E-state index contributed by atoms with van der Waals surface area (Å²) in [5, 5.41) is 0.0648. The fourth-order valence-corrected chi connectivity index (χ4v) is 0.600. The lowest BCUT2D eigenvalue weighted by atomic mass is 9.91. The summed E-state index contributed by atoms with van der Waals surface area (Å²) in [5.74, 6) is -0.0394. The van der Waals surface area contributed by atoms with Gasteiger partial charge in [-0.2, -0.15) is 0 Å². The molecule has 0 aromatic rings. The molecule has 0 saturated carbocycles. The highest BCUT2D eigenvalue weighted by Crippen LogP contribution is 2.15. The first-order chi connectivity index (χ1) is 3.89. The van der Waals surface area contributed by atoms with Gasteiger partial charge in [0.15, 0.2) is 0 Å². The highest BCUT2D eigenvalue weighted by atomic mass is 28.1. The summed E-state index contributed by atoms with van der Waals surface area (Å²) < 4.78 is 0. The third-order valence-corrected chi connectivity index (χ3v) is 3.01. The lowest BCUT2D eigenvalue weighted by Gasteiger charge is -2.15. The van der Waals surface area contributed by atoms with Gasteiger partial charge in [0.1, 0.15) is 11.2 Å². The van der Waals surface area contributed by atoms with E-state index in [2.05, 4.69) is 0 Å². The van der Waals surface area contributed by atoms with Crippen molar-refractivity contribution in [3.8, 4) is 0 Å². The molecule has 0 fully saturated rings. The van der Waals surface area contributed by atoms with Gasteiger partial charge in [0.05, 0.1) is 15.7 Å². The van der Waals surface area contributed by atoms with Gasteiger partial charge in [0.2, 0.25) is 0 Å². The van der Waals surface area contributed by atoms with Crippen LogP contribution in [0.2, 0.25) is 0 Å². The molecule has 2 nitrogen and oxygen atoms in total. The SMILES string of the molecule is CC(=O)C(C)(C)C(=O)[SiH3]. The molecule has 0 N–H and O–H groups in total. The van der Waals surface area contributed by atoms with Crippen LogP contribution in [-0.2, 0) is 9.59 Å². The van der Waals surface area contributed by atoms with Gasteiger partial charge in [0, 0.05) is 0 Å². The van der Waals surface area contributed by atoms with Crippen molar-refractivity contribution in [2.75, 3.05) is 0 Å². The minimum absolute atomic E-state index is 0.0394. The van der Waals surface area contributed by atoms with Gasteiger partial charge in [-0.1, -0.05) is 0 Å². The lowest BCUT2D eigenvalue weighted by molar-refractivity contribution is -0.132. The van der Waals surface area contributed by atoms with Gasteiger partial charge in [-0.3, -0.25) is 4.79 Å². The Morgan fingerprint density at radius 2 is 1.67 bits per heavy atom. The van der Waals surface area contributed by atoms with Gasteiger partial charge in [-0.15, -0.1) is 0 Å². The Hall–Kier alpha value is -0.443. The zero-order valence-corrected chi connectivity index (χ0v) is 8.32. The van der Waals surface area contributed by atoms with Crippen LogP contribution >= 0.6 is 0 Å². The van der Waals surface area contributed by atoms with E-state index in [-0.39, 0.29) is 11.2 Å². The zero-order chi connectivity index (χ0) is 7.65. The van der Waals surface area contributed by atoms with E-state index >= 15 is 0 Å². The highest BCUT2D eigenvalue weighted by Gasteiger charge is 2.27. The molecule has 9 heavy (non-hydrogen) atoms. The molecule has 0 bridgehead atoms. The van der Waals surface area contributed by atoms with Crippen LogP contribution in [0.25, 0.3) is 0 Å². The lowest BCUT2D eigenvalue weighted by Crippen LogP contribution is -2.31. The van der Waals surface area contributed by atoms with E-state index in [9.17, 15) is 9.59 Å². The molecule has 0 amide bonds. The summed E-state index contributed by atoms with van der Waals surface area (Å²) in [4.78, 5) is 21.5. The van der Waals surface area contributed by atoms with Crippen molar-refractivity contribution < 1.29 is 9.59 Å². The summed E-state index contributed by atoms with van der Waals surface area (Å²) in [7, 11) is 0.465. The van der Waals surface area contributed by atoms with Crippen molar-refractivity contribution >= 4 is 21.4 Å². The molecule has 0 unspecified atom stereocenters. The van der Waals surface area contributed by atoms with E-state index in [4.69, 9.17) is 0 Å². The van der Waals surface area contributed by atoms with Gasteiger partial charge in [0.25, 0.3) is 0 Å². The van der Waals surface area contributed by atoms with E-state index in [1.807, 2.05) is 0 Å². The largest absolute Gasteiger partial charge is 0.306 e. The molecule has 3 heteroatoms. The van der Waals surface area contributed by atoms with Crippen molar-refractivity contribution in [1.29, 1.82) is 0 Å². The van der Waals surface area contributed by atoms with E-state index in [1.165, 1.54) is 6.92 Å². The number of hydrogen-bond acceptors (Lipinski definition) is 2. The van der Waals surface area contributed by atoms with Crippen LogP contribution in [0.1, 0.15) is 20.8 Å². The summed E-state index contributed by atoms with van der Waals surface area (Å²) in [6.07, 6.45) is 0. The molecular weight excluding hydrogens is 132 g/mol. The van der Waals surface area contributed by atoms with Crippen molar-refractivity contribution in [2.45, 2.75) is 20.8 Å². The fourth-order valence-electron chi connectivity index (χ4n) is 0.248. The predicted molar refractivity (Wildman–Crippen MR) is 39.4 cm³/mol. The number of carbonyl (C=O) groups excluding carboxylic acids is 2. The molecule has 52 valence electrons. The van der Waals surface area contributed by atoms with E-state index < -0.39 is 5.41 Å². The minimum Gasteiger partial charge on any atom is -0.306 e. The third-order valence-electron chi connectivity index (χ3n) is 1.76. The maximum Gasteiger partial charge on any atom is 0.142 e. The van der Waals surface area contributed by atoms with Crippen molar-refractivity contribution in [3.63, 3.8) is 0 Å². The number of ketones is 1. The molecule has 0 rings (SSSR count). The van der Waals surface area contributed by atoms with Crippen LogP contribution in [-0.4, -0.2) is 21.4 Å².